The Bertz CT molecular complexity index is 1510. The highest BCUT2D eigenvalue weighted by molar-refractivity contribution is 6.23. The van der Waals surface area contributed by atoms with Gasteiger partial charge in [-0.1, -0.05) is 49.4 Å². The van der Waals surface area contributed by atoms with Crippen LogP contribution in [0.5, 0.6) is 0 Å². The summed E-state index contributed by atoms with van der Waals surface area (Å²) in [6.45, 7) is 4.04. The number of para-hydroxylation sites is 1. The molecule has 3 amide bonds. The first-order valence-corrected chi connectivity index (χ1v) is 11.7. The third kappa shape index (κ3) is 2.90. The van der Waals surface area contributed by atoms with Crippen molar-refractivity contribution in [1.82, 2.24) is 9.88 Å². The van der Waals surface area contributed by atoms with E-state index in [-0.39, 0.29) is 18.2 Å². The molecule has 1 N–H and O–H groups in total. The Kier molecular flexibility index (Phi) is 4.61. The van der Waals surface area contributed by atoms with Gasteiger partial charge in [-0.25, -0.2) is 18.5 Å². The summed E-state index contributed by atoms with van der Waals surface area (Å²) in [6, 6.07) is 18.3. The predicted molar refractivity (Wildman–Crippen MR) is 129 cm³/mol. The molecule has 3 heterocycles. The van der Waals surface area contributed by atoms with Crippen LogP contribution in [0.25, 0.3) is 10.9 Å². The van der Waals surface area contributed by atoms with Crippen LogP contribution < -0.4 is 4.90 Å². The summed E-state index contributed by atoms with van der Waals surface area (Å²) in [5.41, 5.74) is 3.08. The van der Waals surface area contributed by atoms with Crippen molar-refractivity contribution < 1.29 is 18.4 Å². The van der Waals surface area contributed by atoms with Crippen LogP contribution in [-0.4, -0.2) is 28.4 Å². The third-order valence-electron chi connectivity index (χ3n) is 7.47. The predicted octanol–water partition coefficient (Wildman–Crippen LogP) is 5.84. The van der Waals surface area contributed by atoms with Crippen LogP contribution in [0.3, 0.4) is 0 Å². The monoisotopic (exact) mass is 471 g/mol. The molecular formula is C28H23F2N3O2. The molecule has 35 heavy (non-hydrogen) atoms. The molecule has 0 bridgehead atoms. The van der Waals surface area contributed by atoms with E-state index in [1.807, 2.05) is 24.3 Å². The van der Waals surface area contributed by atoms with Crippen LogP contribution >= 0.6 is 0 Å². The average Bonchev–Trinajstić information content (AvgIpc) is 3.34. The van der Waals surface area contributed by atoms with Crippen molar-refractivity contribution in [3.63, 3.8) is 0 Å². The van der Waals surface area contributed by atoms with Crippen LogP contribution in [-0.2, 0) is 16.8 Å². The van der Waals surface area contributed by atoms with Gasteiger partial charge in [0.2, 0.25) is 0 Å². The number of benzene rings is 3. The van der Waals surface area contributed by atoms with Crippen molar-refractivity contribution >= 4 is 28.5 Å². The summed E-state index contributed by atoms with van der Waals surface area (Å²) >= 11 is 0. The number of aromatic amines is 1. The van der Waals surface area contributed by atoms with Crippen LogP contribution in [0.4, 0.5) is 19.3 Å². The van der Waals surface area contributed by atoms with Crippen molar-refractivity contribution in [2.45, 2.75) is 31.7 Å². The van der Waals surface area contributed by atoms with Gasteiger partial charge < -0.3 is 9.88 Å². The van der Waals surface area contributed by atoms with E-state index in [2.05, 4.69) is 36.2 Å². The van der Waals surface area contributed by atoms with Gasteiger partial charge in [-0.15, -0.1) is 0 Å². The molecule has 0 spiro atoms. The number of fused-ring (bicyclic) bond motifs is 5. The van der Waals surface area contributed by atoms with E-state index in [0.717, 1.165) is 45.5 Å². The Morgan fingerprint density at radius 1 is 1.03 bits per heavy atom. The van der Waals surface area contributed by atoms with Gasteiger partial charge in [0.1, 0.15) is 11.6 Å². The molecule has 0 radical (unpaired) electrons. The molecule has 2 aliphatic heterocycles. The molecule has 0 saturated carbocycles. The number of amides is 3. The number of nitrogens with zero attached hydrogens (tertiary/aromatic N) is 2. The molecule has 4 aromatic rings. The molecule has 176 valence electrons. The first-order valence-electron chi connectivity index (χ1n) is 11.7. The molecule has 0 aliphatic carbocycles. The van der Waals surface area contributed by atoms with E-state index in [1.54, 1.807) is 6.92 Å². The van der Waals surface area contributed by atoms with Crippen LogP contribution in [0, 0.1) is 11.6 Å². The van der Waals surface area contributed by atoms with Gasteiger partial charge >= 0.3 is 6.03 Å². The number of carbonyl (C=O) groups is 2. The Morgan fingerprint density at radius 3 is 2.49 bits per heavy atom. The SMILES string of the molecule is CCc1ccc([C@H]2CN3C(=O)N(c4ccc(F)cc4F)C(=O)[C@]3(C)c3[nH]c4ccccc4c32)cc1. The molecule has 2 atom stereocenters. The Hall–Kier alpha value is -4.00. The highest BCUT2D eigenvalue weighted by Crippen LogP contribution is 2.50. The molecule has 0 unspecified atom stereocenters. The summed E-state index contributed by atoms with van der Waals surface area (Å²) in [5, 5.41) is 0.986. The van der Waals surface area contributed by atoms with Crippen molar-refractivity contribution in [3.05, 3.63) is 101 Å². The fraction of sp³-hybridized carbons (Fsp3) is 0.214. The molecular weight excluding hydrogens is 448 g/mol. The maximum Gasteiger partial charge on any atom is 0.332 e. The Labute approximate surface area is 201 Å². The number of anilines is 1. The van der Waals surface area contributed by atoms with Crippen molar-refractivity contribution in [2.24, 2.45) is 0 Å². The topological polar surface area (TPSA) is 56.4 Å². The van der Waals surface area contributed by atoms with Gasteiger partial charge in [0.15, 0.2) is 5.54 Å². The molecule has 7 heteroatoms. The Balaban J connectivity index is 1.56. The zero-order valence-corrected chi connectivity index (χ0v) is 19.3. The maximum atomic E-state index is 14.7. The zero-order valence-electron chi connectivity index (χ0n) is 19.3. The summed E-state index contributed by atoms with van der Waals surface area (Å²) in [5.74, 6) is -2.49. The second-order valence-corrected chi connectivity index (χ2v) is 9.31. The average molecular weight is 472 g/mol. The molecule has 5 nitrogen and oxygen atoms in total. The minimum atomic E-state index is -1.36. The normalized spacial score (nSPS) is 21.5. The summed E-state index contributed by atoms with van der Waals surface area (Å²) < 4.78 is 28.3. The summed E-state index contributed by atoms with van der Waals surface area (Å²) in [4.78, 5) is 33.3. The summed E-state index contributed by atoms with van der Waals surface area (Å²) in [7, 11) is 0. The summed E-state index contributed by atoms with van der Waals surface area (Å²) in [6.07, 6.45) is 0.915. The first kappa shape index (κ1) is 21.5. The number of halogens is 2. The number of aryl methyl sites for hydroxylation is 1. The molecule has 3 aromatic carbocycles. The highest BCUT2D eigenvalue weighted by Gasteiger charge is 2.61. The number of imide groups is 1. The number of hydrogen-bond donors (Lipinski definition) is 1. The van der Waals surface area contributed by atoms with Crippen molar-refractivity contribution in [3.8, 4) is 0 Å². The number of carbonyl (C=O) groups excluding carboxylic acids is 2. The Morgan fingerprint density at radius 2 is 1.77 bits per heavy atom. The van der Waals surface area contributed by atoms with E-state index < -0.39 is 29.1 Å². The maximum absolute atomic E-state index is 14.7. The smallest absolute Gasteiger partial charge is 0.332 e. The lowest BCUT2D eigenvalue weighted by Gasteiger charge is -2.40. The van der Waals surface area contributed by atoms with Gasteiger partial charge in [0.25, 0.3) is 5.91 Å². The van der Waals surface area contributed by atoms with E-state index in [9.17, 15) is 18.4 Å². The first-order chi connectivity index (χ1) is 16.8. The minimum absolute atomic E-state index is 0.185. The number of urea groups is 1. The number of H-pyrrole nitrogens is 1. The van der Waals surface area contributed by atoms with E-state index in [4.69, 9.17) is 0 Å². The fourth-order valence-corrected chi connectivity index (χ4v) is 5.55. The van der Waals surface area contributed by atoms with E-state index in [0.29, 0.717) is 11.8 Å². The lowest BCUT2D eigenvalue weighted by atomic mass is 9.78. The number of rotatable bonds is 3. The lowest BCUT2D eigenvalue weighted by Crippen LogP contribution is -2.50. The third-order valence-corrected chi connectivity index (χ3v) is 7.47. The number of hydrogen-bond acceptors (Lipinski definition) is 2. The largest absolute Gasteiger partial charge is 0.356 e. The quantitative estimate of drug-likeness (QED) is 0.382. The molecule has 1 saturated heterocycles. The van der Waals surface area contributed by atoms with Gasteiger partial charge in [0, 0.05) is 29.4 Å². The van der Waals surface area contributed by atoms with E-state index >= 15 is 0 Å². The van der Waals surface area contributed by atoms with Gasteiger partial charge in [-0.3, -0.25) is 4.79 Å². The number of nitrogens with one attached hydrogen (secondary N) is 1. The van der Waals surface area contributed by atoms with Crippen molar-refractivity contribution in [2.75, 3.05) is 11.4 Å². The highest BCUT2D eigenvalue weighted by atomic mass is 19.1. The standard InChI is InChI=1S/C28H23F2N3O2/c1-3-16-8-10-17(11-9-16)20-15-32-27(35)33(23-13-12-18(29)14-21(23)30)26(34)28(32,2)25-24(20)19-6-4-5-7-22(19)31-25/h4-14,20,31H,3,15H2,1-2H3/t20-,28+/m1/s1. The molecule has 1 aromatic heterocycles. The minimum Gasteiger partial charge on any atom is -0.356 e. The zero-order chi connectivity index (χ0) is 24.5. The second kappa shape index (κ2) is 7.50. The lowest BCUT2D eigenvalue weighted by molar-refractivity contribution is -0.125. The van der Waals surface area contributed by atoms with Crippen molar-refractivity contribution in [1.29, 1.82) is 0 Å². The molecule has 2 aliphatic rings. The molecule has 6 rings (SSSR count). The molecule has 1 fully saturated rings. The van der Waals surface area contributed by atoms with Gasteiger partial charge in [-0.2, -0.15) is 0 Å². The van der Waals surface area contributed by atoms with Gasteiger partial charge in [0.05, 0.1) is 11.4 Å². The van der Waals surface area contributed by atoms with Crippen LogP contribution in [0.15, 0.2) is 66.7 Å². The van der Waals surface area contributed by atoms with Crippen LogP contribution in [0.2, 0.25) is 0 Å². The fourth-order valence-electron chi connectivity index (χ4n) is 5.55. The number of aromatic nitrogens is 1. The van der Waals surface area contributed by atoms with Gasteiger partial charge in [-0.05, 0) is 48.2 Å². The van der Waals surface area contributed by atoms with E-state index in [1.165, 1.54) is 10.5 Å². The van der Waals surface area contributed by atoms with Crippen LogP contribution in [0.1, 0.15) is 42.1 Å². The second-order valence-electron chi connectivity index (χ2n) is 9.31.